The van der Waals surface area contributed by atoms with Crippen molar-refractivity contribution in [1.82, 2.24) is 0 Å². The normalized spacial score (nSPS) is 24.6. The lowest BCUT2D eigenvalue weighted by molar-refractivity contribution is -0.158. The number of benzene rings is 1. The maximum Gasteiger partial charge on any atom is 0.123 e. The minimum absolute atomic E-state index is 0.0625. The summed E-state index contributed by atoms with van der Waals surface area (Å²) in [6.45, 7) is 1.11. The van der Waals surface area contributed by atoms with E-state index in [1.807, 2.05) is 0 Å². The van der Waals surface area contributed by atoms with Gasteiger partial charge < -0.3 is 19.3 Å². The molecule has 1 aromatic carbocycles. The molecule has 0 bridgehead atoms. The van der Waals surface area contributed by atoms with Crippen LogP contribution in [-0.2, 0) is 9.47 Å². The molecule has 2 rings (SSSR count). The summed E-state index contributed by atoms with van der Waals surface area (Å²) in [4.78, 5) is 0. The number of halogens is 1. The maximum absolute atomic E-state index is 12.7. The van der Waals surface area contributed by atoms with E-state index >= 15 is 0 Å². The minimum Gasteiger partial charge on any atom is -0.491 e. The van der Waals surface area contributed by atoms with Crippen LogP contribution in [0, 0.1) is 5.82 Å². The van der Waals surface area contributed by atoms with Crippen molar-refractivity contribution in [2.75, 3.05) is 26.4 Å². The Bertz CT molecular complexity index is 341. The highest BCUT2D eigenvalue weighted by Crippen LogP contribution is 2.13. The summed E-state index contributed by atoms with van der Waals surface area (Å²) in [5, 5.41) is 8.94. The van der Waals surface area contributed by atoms with Crippen molar-refractivity contribution in [2.45, 2.75) is 12.2 Å². The molecule has 2 atom stereocenters. The summed E-state index contributed by atoms with van der Waals surface area (Å²) in [5.41, 5.74) is 0. The van der Waals surface area contributed by atoms with Crippen LogP contribution < -0.4 is 4.74 Å². The number of hydrogen-bond acceptors (Lipinski definition) is 4. The van der Waals surface area contributed by atoms with Gasteiger partial charge in [-0.1, -0.05) is 0 Å². The third-order valence-electron chi connectivity index (χ3n) is 2.45. The lowest BCUT2D eigenvalue weighted by atomic mass is 10.3. The maximum atomic E-state index is 12.7. The predicted octanol–water partition coefficient (Wildman–Crippen LogP) is 0.981. The van der Waals surface area contributed by atoms with E-state index in [0.29, 0.717) is 25.6 Å². The molecule has 0 radical (unpaired) electrons. The second kappa shape index (κ2) is 5.95. The monoisotopic (exact) mass is 242 g/mol. The molecule has 0 amide bonds. The fraction of sp³-hybridized carbons (Fsp3) is 0.500. The molecule has 0 aliphatic carbocycles. The highest BCUT2D eigenvalue weighted by atomic mass is 19.1. The van der Waals surface area contributed by atoms with Gasteiger partial charge in [-0.15, -0.1) is 0 Å². The van der Waals surface area contributed by atoms with Gasteiger partial charge in [0.2, 0.25) is 0 Å². The Kier molecular flexibility index (Phi) is 4.30. The number of hydrogen-bond donors (Lipinski definition) is 1. The smallest absolute Gasteiger partial charge is 0.123 e. The SMILES string of the molecule is OCC1COCC(COc2ccc(F)cc2)O1. The van der Waals surface area contributed by atoms with Gasteiger partial charge >= 0.3 is 0 Å². The molecular weight excluding hydrogens is 227 g/mol. The minimum atomic E-state index is -0.296. The van der Waals surface area contributed by atoms with Crippen LogP contribution in [0.2, 0.25) is 0 Å². The molecule has 1 N–H and O–H groups in total. The highest BCUT2D eigenvalue weighted by molar-refractivity contribution is 5.22. The van der Waals surface area contributed by atoms with Gasteiger partial charge in [-0.3, -0.25) is 0 Å². The number of ether oxygens (including phenoxy) is 3. The van der Waals surface area contributed by atoms with Crippen LogP contribution in [0.4, 0.5) is 4.39 Å². The zero-order valence-corrected chi connectivity index (χ0v) is 9.34. The molecule has 5 heteroatoms. The summed E-state index contributed by atoms with van der Waals surface area (Å²) in [6, 6.07) is 5.79. The van der Waals surface area contributed by atoms with Gasteiger partial charge in [0.25, 0.3) is 0 Å². The average Bonchev–Trinajstić information content (AvgIpc) is 2.38. The first-order valence-corrected chi connectivity index (χ1v) is 5.50. The molecule has 1 aliphatic heterocycles. The quantitative estimate of drug-likeness (QED) is 0.855. The third kappa shape index (κ3) is 3.66. The molecule has 2 unspecified atom stereocenters. The van der Waals surface area contributed by atoms with Gasteiger partial charge in [-0.2, -0.15) is 0 Å². The molecule has 4 nitrogen and oxygen atoms in total. The number of aliphatic hydroxyl groups is 1. The fourth-order valence-electron chi connectivity index (χ4n) is 1.58. The second-order valence-corrected chi connectivity index (χ2v) is 3.87. The lowest BCUT2D eigenvalue weighted by Gasteiger charge is -2.28. The largest absolute Gasteiger partial charge is 0.491 e. The first-order chi connectivity index (χ1) is 8.28. The van der Waals surface area contributed by atoms with Crippen LogP contribution >= 0.6 is 0 Å². The van der Waals surface area contributed by atoms with Gasteiger partial charge in [0.15, 0.2) is 0 Å². The summed E-state index contributed by atoms with van der Waals surface area (Å²) in [6.07, 6.45) is -0.489. The van der Waals surface area contributed by atoms with Gasteiger partial charge in [0, 0.05) is 0 Å². The first kappa shape index (κ1) is 12.3. The van der Waals surface area contributed by atoms with Crippen LogP contribution in [0.3, 0.4) is 0 Å². The highest BCUT2D eigenvalue weighted by Gasteiger charge is 2.22. The molecule has 0 saturated carbocycles. The van der Waals surface area contributed by atoms with Gasteiger partial charge in [-0.05, 0) is 24.3 Å². The summed E-state index contributed by atoms with van der Waals surface area (Å²) >= 11 is 0. The van der Waals surface area contributed by atoms with E-state index in [-0.39, 0.29) is 24.6 Å². The fourth-order valence-corrected chi connectivity index (χ4v) is 1.58. The second-order valence-electron chi connectivity index (χ2n) is 3.87. The van der Waals surface area contributed by atoms with E-state index in [1.165, 1.54) is 12.1 Å². The van der Waals surface area contributed by atoms with Crippen molar-refractivity contribution in [3.63, 3.8) is 0 Å². The first-order valence-electron chi connectivity index (χ1n) is 5.50. The zero-order valence-electron chi connectivity index (χ0n) is 9.34. The van der Waals surface area contributed by atoms with Crippen LogP contribution in [-0.4, -0.2) is 43.7 Å². The molecule has 1 heterocycles. The zero-order chi connectivity index (χ0) is 12.1. The van der Waals surface area contributed by atoms with E-state index in [9.17, 15) is 4.39 Å². The van der Waals surface area contributed by atoms with Crippen molar-refractivity contribution < 1.29 is 23.7 Å². The van der Waals surface area contributed by atoms with Crippen molar-refractivity contribution in [3.05, 3.63) is 30.1 Å². The predicted molar refractivity (Wildman–Crippen MR) is 58.5 cm³/mol. The molecule has 0 spiro atoms. The Morgan fingerprint density at radius 3 is 2.65 bits per heavy atom. The molecule has 0 aromatic heterocycles. The van der Waals surface area contributed by atoms with Crippen LogP contribution in [0.15, 0.2) is 24.3 Å². The topological polar surface area (TPSA) is 47.9 Å². The van der Waals surface area contributed by atoms with Crippen LogP contribution in [0.5, 0.6) is 5.75 Å². The molecular formula is C12H15FO4. The molecule has 1 aliphatic rings. The summed E-state index contributed by atoms with van der Waals surface area (Å²) in [5.74, 6) is 0.288. The van der Waals surface area contributed by atoms with Gasteiger partial charge in [-0.25, -0.2) is 4.39 Å². The molecule has 94 valence electrons. The average molecular weight is 242 g/mol. The van der Waals surface area contributed by atoms with Crippen molar-refractivity contribution in [3.8, 4) is 5.75 Å². The van der Waals surface area contributed by atoms with E-state index in [0.717, 1.165) is 0 Å². The van der Waals surface area contributed by atoms with Crippen LogP contribution in [0.25, 0.3) is 0 Å². The Morgan fingerprint density at radius 2 is 1.94 bits per heavy atom. The van der Waals surface area contributed by atoms with E-state index in [2.05, 4.69) is 0 Å². The number of aliphatic hydroxyl groups excluding tert-OH is 1. The van der Waals surface area contributed by atoms with Crippen molar-refractivity contribution >= 4 is 0 Å². The summed E-state index contributed by atoms with van der Waals surface area (Å²) in [7, 11) is 0. The van der Waals surface area contributed by atoms with E-state index in [1.54, 1.807) is 12.1 Å². The Labute approximate surface area is 98.9 Å². The Balaban J connectivity index is 1.79. The Hall–Kier alpha value is -1.17. The van der Waals surface area contributed by atoms with E-state index in [4.69, 9.17) is 19.3 Å². The Morgan fingerprint density at radius 1 is 1.24 bits per heavy atom. The molecule has 1 fully saturated rings. The molecule has 17 heavy (non-hydrogen) atoms. The lowest BCUT2D eigenvalue weighted by Crippen LogP contribution is -2.41. The van der Waals surface area contributed by atoms with Crippen molar-refractivity contribution in [1.29, 1.82) is 0 Å². The third-order valence-corrected chi connectivity index (χ3v) is 2.45. The van der Waals surface area contributed by atoms with E-state index < -0.39 is 0 Å². The number of rotatable bonds is 4. The molecule has 1 aromatic rings. The van der Waals surface area contributed by atoms with Crippen molar-refractivity contribution in [2.24, 2.45) is 0 Å². The summed E-state index contributed by atoms with van der Waals surface area (Å²) < 4.78 is 28.9. The molecule has 1 saturated heterocycles. The van der Waals surface area contributed by atoms with Gasteiger partial charge in [0.05, 0.1) is 19.8 Å². The van der Waals surface area contributed by atoms with Gasteiger partial charge in [0.1, 0.15) is 30.4 Å². The van der Waals surface area contributed by atoms with Crippen LogP contribution in [0.1, 0.15) is 0 Å². The standard InChI is InChI=1S/C12H15FO4/c13-9-1-3-10(4-2-9)16-8-12-7-15-6-11(5-14)17-12/h1-4,11-12,14H,5-8H2.